The molecule has 1 aromatic rings. The highest BCUT2D eigenvalue weighted by Crippen LogP contribution is 2.22. The van der Waals surface area contributed by atoms with E-state index >= 15 is 0 Å². The quantitative estimate of drug-likeness (QED) is 0.758. The molecular formula is C13H17ClN2O. The summed E-state index contributed by atoms with van der Waals surface area (Å²) in [6.45, 7) is 4.62. The number of alkyl halides is 1. The summed E-state index contributed by atoms with van der Waals surface area (Å²) in [7, 11) is 0. The fourth-order valence-corrected chi connectivity index (χ4v) is 2.65. The molecule has 0 aliphatic carbocycles. The van der Waals surface area contributed by atoms with Crippen LogP contribution in [0.1, 0.15) is 34.6 Å². The minimum atomic E-state index is 0.0677. The fraction of sp³-hybridized carbons (Fsp3) is 0.538. The molecule has 3 nitrogen and oxygen atoms in total. The zero-order valence-corrected chi connectivity index (χ0v) is 11.0. The third-order valence-corrected chi connectivity index (χ3v) is 3.63. The van der Waals surface area contributed by atoms with Crippen LogP contribution in [0.25, 0.3) is 0 Å². The van der Waals surface area contributed by atoms with E-state index in [4.69, 9.17) is 11.6 Å². The highest BCUT2D eigenvalue weighted by Gasteiger charge is 2.29. The van der Waals surface area contributed by atoms with E-state index in [9.17, 15) is 4.79 Å². The number of likely N-dealkylation sites (tertiary alicyclic amines) is 1. The van der Waals surface area contributed by atoms with Crippen LogP contribution in [0.2, 0.25) is 0 Å². The van der Waals surface area contributed by atoms with Crippen molar-refractivity contribution in [1.82, 2.24) is 9.88 Å². The van der Waals surface area contributed by atoms with Gasteiger partial charge >= 0.3 is 0 Å². The van der Waals surface area contributed by atoms with Crippen LogP contribution in [-0.4, -0.2) is 34.3 Å². The van der Waals surface area contributed by atoms with E-state index in [1.807, 2.05) is 30.9 Å². The summed E-state index contributed by atoms with van der Waals surface area (Å²) in [5, 5.41) is 0. The van der Waals surface area contributed by atoms with Crippen molar-refractivity contribution in [3.8, 4) is 0 Å². The first-order valence-electron chi connectivity index (χ1n) is 5.94. The van der Waals surface area contributed by atoms with Gasteiger partial charge in [0, 0.05) is 24.2 Å². The van der Waals surface area contributed by atoms with Gasteiger partial charge in [0.1, 0.15) is 0 Å². The van der Waals surface area contributed by atoms with E-state index in [0.717, 1.165) is 30.8 Å². The highest BCUT2D eigenvalue weighted by molar-refractivity contribution is 6.18. The first kappa shape index (κ1) is 12.4. The Bertz CT molecular complexity index is 433. The standard InChI is InChI=1S/C13H17ClN2O/c1-9-5-6-12(10(2)15-9)13(17)16-7-3-4-11(16)8-14/h5-6,11H,3-4,7-8H2,1-2H3. The Balaban J connectivity index is 2.24. The van der Waals surface area contributed by atoms with Crippen molar-refractivity contribution in [2.24, 2.45) is 0 Å². The molecule has 1 aliphatic rings. The summed E-state index contributed by atoms with van der Waals surface area (Å²) in [5.74, 6) is 0.586. The van der Waals surface area contributed by atoms with Crippen molar-refractivity contribution in [1.29, 1.82) is 0 Å². The van der Waals surface area contributed by atoms with Gasteiger partial charge in [-0.1, -0.05) is 0 Å². The average Bonchev–Trinajstić information content (AvgIpc) is 2.76. The van der Waals surface area contributed by atoms with Gasteiger partial charge in [-0.05, 0) is 38.8 Å². The van der Waals surface area contributed by atoms with Crippen LogP contribution in [-0.2, 0) is 0 Å². The van der Waals surface area contributed by atoms with Crippen LogP contribution < -0.4 is 0 Å². The Morgan fingerprint density at radius 1 is 1.53 bits per heavy atom. The predicted octanol–water partition coefficient (Wildman–Crippen LogP) is 2.54. The smallest absolute Gasteiger partial charge is 0.255 e. The van der Waals surface area contributed by atoms with Crippen LogP contribution in [0.3, 0.4) is 0 Å². The Labute approximate surface area is 107 Å². The Hall–Kier alpha value is -1.09. The summed E-state index contributed by atoms with van der Waals surface area (Å²) in [4.78, 5) is 18.6. The van der Waals surface area contributed by atoms with Crippen LogP contribution in [0.4, 0.5) is 0 Å². The number of hydrogen-bond acceptors (Lipinski definition) is 2. The van der Waals surface area contributed by atoms with Gasteiger partial charge in [-0.25, -0.2) is 0 Å². The molecule has 4 heteroatoms. The zero-order valence-electron chi connectivity index (χ0n) is 10.2. The molecule has 1 atom stereocenters. The molecule has 1 unspecified atom stereocenters. The molecule has 2 rings (SSSR count). The number of halogens is 1. The number of aromatic nitrogens is 1. The largest absolute Gasteiger partial charge is 0.334 e. The Kier molecular flexibility index (Phi) is 3.67. The lowest BCUT2D eigenvalue weighted by atomic mass is 10.1. The molecule has 1 aliphatic heterocycles. The second-order valence-corrected chi connectivity index (χ2v) is 4.84. The SMILES string of the molecule is Cc1ccc(C(=O)N2CCCC2CCl)c(C)n1. The molecule has 0 bridgehead atoms. The molecule has 1 amide bonds. The number of pyridine rings is 1. The van der Waals surface area contributed by atoms with Gasteiger partial charge in [-0.2, -0.15) is 0 Å². The lowest BCUT2D eigenvalue weighted by Crippen LogP contribution is -2.37. The van der Waals surface area contributed by atoms with Crippen LogP contribution in [0.5, 0.6) is 0 Å². The molecule has 2 heterocycles. The van der Waals surface area contributed by atoms with Crippen LogP contribution in [0.15, 0.2) is 12.1 Å². The highest BCUT2D eigenvalue weighted by atomic mass is 35.5. The molecule has 17 heavy (non-hydrogen) atoms. The van der Waals surface area contributed by atoms with Crippen molar-refractivity contribution in [3.63, 3.8) is 0 Å². The number of rotatable bonds is 2. The van der Waals surface area contributed by atoms with E-state index in [1.165, 1.54) is 0 Å². The second-order valence-electron chi connectivity index (χ2n) is 4.53. The number of carbonyl (C=O) groups excluding carboxylic acids is 1. The predicted molar refractivity (Wildman–Crippen MR) is 68.5 cm³/mol. The third-order valence-electron chi connectivity index (χ3n) is 3.27. The summed E-state index contributed by atoms with van der Waals surface area (Å²) >= 11 is 5.89. The van der Waals surface area contributed by atoms with Crippen molar-refractivity contribution in [2.45, 2.75) is 32.7 Å². The van der Waals surface area contributed by atoms with Gasteiger partial charge in [0.2, 0.25) is 0 Å². The third kappa shape index (κ3) is 2.44. The van der Waals surface area contributed by atoms with Crippen molar-refractivity contribution < 1.29 is 4.79 Å². The first-order valence-corrected chi connectivity index (χ1v) is 6.48. The lowest BCUT2D eigenvalue weighted by molar-refractivity contribution is 0.0748. The van der Waals surface area contributed by atoms with Gasteiger partial charge in [-0.3, -0.25) is 9.78 Å². The number of amides is 1. The minimum absolute atomic E-state index is 0.0677. The van der Waals surface area contributed by atoms with Crippen LogP contribution in [0, 0.1) is 13.8 Å². The minimum Gasteiger partial charge on any atom is -0.334 e. The van der Waals surface area contributed by atoms with Gasteiger partial charge in [0.05, 0.1) is 11.3 Å². The number of aryl methyl sites for hydroxylation is 2. The molecule has 1 saturated heterocycles. The van der Waals surface area contributed by atoms with E-state index < -0.39 is 0 Å². The molecule has 0 saturated carbocycles. The van der Waals surface area contributed by atoms with Gasteiger partial charge in [0.25, 0.3) is 5.91 Å². The number of nitrogens with zero attached hydrogens (tertiary/aromatic N) is 2. The molecule has 0 spiro atoms. The molecular weight excluding hydrogens is 236 g/mol. The van der Waals surface area contributed by atoms with E-state index in [-0.39, 0.29) is 11.9 Å². The zero-order chi connectivity index (χ0) is 12.4. The maximum atomic E-state index is 12.4. The molecule has 0 radical (unpaired) electrons. The lowest BCUT2D eigenvalue weighted by Gasteiger charge is -2.23. The normalized spacial score (nSPS) is 19.7. The number of hydrogen-bond donors (Lipinski definition) is 0. The Morgan fingerprint density at radius 2 is 2.29 bits per heavy atom. The van der Waals surface area contributed by atoms with Crippen molar-refractivity contribution in [3.05, 3.63) is 29.1 Å². The Morgan fingerprint density at radius 3 is 2.94 bits per heavy atom. The second kappa shape index (κ2) is 5.05. The van der Waals surface area contributed by atoms with Crippen molar-refractivity contribution in [2.75, 3.05) is 12.4 Å². The topological polar surface area (TPSA) is 33.2 Å². The number of carbonyl (C=O) groups is 1. The van der Waals surface area contributed by atoms with Gasteiger partial charge in [-0.15, -0.1) is 11.6 Å². The van der Waals surface area contributed by atoms with Gasteiger partial charge in [0.15, 0.2) is 0 Å². The summed E-state index contributed by atoms with van der Waals surface area (Å²) in [5.41, 5.74) is 2.44. The summed E-state index contributed by atoms with van der Waals surface area (Å²) < 4.78 is 0. The molecule has 0 aromatic carbocycles. The van der Waals surface area contributed by atoms with Crippen molar-refractivity contribution >= 4 is 17.5 Å². The molecule has 92 valence electrons. The first-order chi connectivity index (χ1) is 8.13. The van der Waals surface area contributed by atoms with Gasteiger partial charge < -0.3 is 4.90 Å². The molecule has 0 N–H and O–H groups in total. The molecule has 1 aromatic heterocycles. The van der Waals surface area contributed by atoms with E-state index in [1.54, 1.807) is 0 Å². The summed E-state index contributed by atoms with van der Waals surface area (Å²) in [6.07, 6.45) is 2.05. The average molecular weight is 253 g/mol. The van der Waals surface area contributed by atoms with E-state index in [2.05, 4.69) is 4.98 Å². The van der Waals surface area contributed by atoms with Crippen LogP contribution >= 0.6 is 11.6 Å². The maximum Gasteiger partial charge on any atom is 0.255 e. The maximum absolute atomic E-state index is 12.4. The fourth-order valence-electron chi connectivity index (χ4n) is 2.33. The monoisotopic (exact) mass is 252 g/mol. The van der Waals surface area contributed by atoms with E-state index in [0.29, 0.717) is 11.4 Å². The summed E-state index contributed by atoms with van der Waals surface area (Å²) in [6, 6.07) is 3.93. The molecule has 1 fully saturated rings.